The molecule has 0 spiro atoms. The second kappa shape index (κ2) is 14.9. The summed E-state index contributed by atoms with van der Waals surface area (Å²) in [5.74, 6) is -0.755. The van der Waals surface area contributed by atoms with Gasteiger partial charge in [-0.05, 0) is 72.5 Å². The van der Waals surface area contributed by atoms with Gasteiger partial charge in [-0.15, -0.1) is 0 Å². The number of likely N-dealkylation sites (tertiary alicyclic amines) is 1. The van der Waals surface area contributed by atoms with E-state index in [0.717, 1.165) is 41.4 Å². The highest BCUT2D eigenvalue weighted by Crippen LogP contribution is 2.25. The Morgan fingerprint density at radius 1 is 0.848 bits per heavy atom. The number of nitrogens with one attached hydrogen (secondary N) is 1. The number of carbonyl (C=O) groups excluding carboxylic acids is 2. The third-order valence-corrected chi connectivity index (χ3v) is 8.31. The van der Waals surface area contributed by atoms with Crippen LogP contribution in [0.4, 0.5) is 15.8 Å². The number of carbonyl (C=O) groups is 2. The van der Waals surface area contributed by atoms with Gasteiger partial charge < -0.3 is 24.8 Å². The van der Waals surface area contributed by atoms with E-state index < -0.39 is 5.82 Å². The largest absolute Gasteiger partial charge is 0.474 e. The minimum Gasteiger partial charge on any atom is -0.474 e. The molecular formula is C37H42FN5O3. The lowest BCUT2D eigenvalue weighted by atomic mass is 10.0. The Balaban J connectivity index is 1.12. The van der Waals surface area contributed by atoms with Crippen molar-refractivity contribution in [3.05, 3.63) is 108 Å². The maximum atomic E-state index is 14.3. The second-order valence-corrected chi connectivity index (χ2v) is 12.0. The van der Waals surface area contributed by atoms with Crippen molar-refractivity contribution in [1.29, 1.82) is 0 Å². The fourth-order valence-corrected chi connectivity index (χ4v) is 5.53. The summed E-state index contributed by atoms with van der Waals surface area (Å²) in [6, 6.07) is 24.2. The first-order chi connectivity index (χ1) is 22.2. The van der Waals surface area contributed by atoms with Crippen molar-refractivity contribution in [2.24, 2.45) is 0 Å². The number of nitrogens with zero attached hydrogens (tertiary/aromatic N) is 4. The van der Waals surface area contributed by atoms with Gasteiger partial charge in [-0.2, -0.15) is 0 Å². The van der Waals surface area contributed by atoms with Gasteiger partial charge in [0.15, 0.2) is 0 Å². The second-order valence-electron chi connectivity index (χ2n) is 12.0. The summed E-state index contributed by atoms with van der Waals surface area (Å²) in [7, 11) is 8.02. The van der Waals surface area contributed by atoms with E-state index in [0.29, 0.717) is 38.4 Å². The zero-order valence-electron chi connectivity index (χ0n) is 27.0. The number of rotatable bonds is 11. The molecule has 0 unspecified atom stereocenters. The third kappa shape index (κ3) is 8.21. The number of piperidine rings is 1. The van der Waals surface area contributed by atoms with Crippen molar-refractivity contribution >= 4 is 23.2 Å². The van der Waals surface area contributed by atoms with Gasteiger partial charge in [-0.25, -0.2) is 9.37 Å². The molecule has 0 saturated carbocycles. The summed E-state index contributed by atoms with van der Waals surface area (Å²) in [5, 5.41) is 2.90. The predicted octanol–water partition coefficient (Wildman–Crippen LogP) is 6.07. The summed E-state index contributed by atoms with van der Waals surface area (Å²) < 4.78 is 20.4. The van der Waals surface area contributed by atoms with Crippen molar-refractivity contribution in [3.8, 4) is 17.0 Å². The van der Waals surface area contributed by atoms with Crippen LogP contribution in [0.25, 0.3) is 11.1 Å². The molecule has 0 atom stereocenters. The molecule has 9 heteroatoms. The number of benzene rings is 3. The van der Waals surface area contributed by atoms with Crippen LogP contribution < -0.4 is 19.9 Å². The smallest absolute Gasteiger partial charge is 0.254 e. The van der Waals surface area contributed by atoms with E-state index in [9.17, 15) is 14.0 Å². The zero-order chi connectivity index (χ0) is 32.6. The fraction of sp³-hybridized carbons (Fsp3) is 0.324. The Bertz CT molecular complexity index is 1610. The Kier molecular flexibility index (Phi) is 10.5. The molecule has 46 heavy (non-hydrogen) atoms. The van der Waals surface area contributed by atoms with Crippen molar-refractivity contribution in [2.75, 3.05) is 57.6 Å². The van der Waals surface area contributed by atoms with E-state index in [4.69, 9.17) is 4.74 Å². The Labute approximate surface area is 270 Å². The maximum absolute atomic E-state index is 14.3. The van der Waals surface area contributed by atoms with Crippen LogP contribution in [-0.2, 0) is 6.42 Å². The molecule has 0 bridgehead atoms. The first-order valence-corrected chi connectivity index (χ1v) is 15.7. The average Bonchev–Trinajstić information content (AvgIpc) is 3.07. The minimum absolute atomic E-state index is 0.0759. The number of anilines is 2. The first-order valence-electron chi connectivity index (χ1n) is 15.7. The molecule has 0 aliphatic carbocycles. The summed E-state index contributed by atoms with van der Waals surface area (Å²) in [6.07, 6.45) is 4.46. The van der Waals surface area contributed by atoms with Gasteiger partial charge in [0.2, 0.25) is 5.88 Å². The van der Waals surface area contributed by atoms with E-state index in [1.54, 1.807) is 11.1 Å². The predicted molar refractivity (Wildman–Crippen MR) is 181 cm³/mol. The number of aryl methyl sites for hydroxylation is 1. The maximum Gasteiger partial charge on any atom is 0.254 e. The molecule has 1 fully saturated rings. The van der Waals surface area contributed by atoms with Crippen LogP contribution in [-0.4, -0.2) is 75.6 Å². The minimum atomic E-state index is -0.553. The summed E-state index contributed by atoms with van der Waals surface area (Å²) >= 11 is 0. The number of ether oxygens (including phenoxy) is 1. The Hall–Kier alpha value is -4.92. The lowest BCUT2D eigenvalue weighted by Crippen LogP contribution is -2.42. The van der Waals surface area contributed by atoms with Crippen LogP contribution in [0, 0.1) is 5.82 Å². The zero-order valence-corrected chi connectivity index (χ0v) is 27.0. The van der Waals surface area contributed by atoms with Gasteiger partial charge in [0.05, 0.1) is 11.1 Å². The number of amides is 2. The SMILES string of the molecule is CN(C)c1ccc(CCCNC(=O)c2ccc(F)cc2C(=O)N2CCC(Oc3ccc(-c4ccc(N(C)C)cc4)cn3)CC2)cc1. The van der Waals surface area contributed by atoms with E-state index >= 15 is 0 Å². The number of hydrogen-bond acceptors (Lipinski definition) is 6. The van der Waals surface area contributed by atoms with Crippen molar-refractivity contribution in [1.82, 2.24) is 15.2 Å². The van der Waals surface area contributed by atoms with Crippen molar-refractivity contribution < 1.29 is 18.7 Å². The van der Waals surface area contributed by atoms with E-state index in [1.165, 1.54) is 17.7 Å². The monoisotopic (exact) mass is 623 g/mol. The third-order valence-electron chi connectivity index (χ3n) is 8.31. The lowest BCUT2D eigenvalue weighted by molar-refractivity contribution is 0.0584. The Morgan fingerprint density at radius 2 is 1.48 bits per heavy atom. The number of hydrogen-bond donors (Lipinski definition) is 1. The van der Waals surface area contributed by atoms with E-state index in [-0.39, 0.29) is 29.0 Å². The van der Waals surface area contributed by atoms with E-state index in [1.807, 2.05) is 45.2 Å². The van der Waals surface area contributed by atoms with Crippen LogP contribution in [0.2, 0.25) is 0 Å². The normalized spacial score (nSPS) is 13.3. The molecule has 8 nitrogen and oxygen atoms in total. The molecule has 1 saturated heterocycles. The number of halogens is 1. The summed E-state index contributed by atoms with van der Waals surface area (Å²) in [6.45, 7) is 1.31. The van der Waals surface area contributed by atoms with Gasteiger partial charge in [-0.1, -0.05) is 24.3 Å². The van der Waals surface area contributed by atoms with E-state index in [2.05, 4.69) is 63.7 Å². The van der Waals surface area contributed by atoms with Gasteiger partial charge >= 0.3 is 0 Å². The fourth-order valence-electron chi connectivity index (χ4n) is 5.53. The van der Waals surface area contributed by atoms with Crippen LogP contribution >= 0.6 is 0 Å². The van der Waals surface area contributed by atoms with Crippen molar-refractivity contribution in [2.45, 2.75) is 31.8 Å². The topological polar surface area (TPSA) is 78.0 Å². The Morgan fingerprint density at radius 3 is 2.09 bits per heavy atom. The van der Waals surface area contributed by atoms with Gasteiger partial charge in [-0.3, -0.25) is 9.59 Å². The molecule has 2 amide bonds. The molecule has 4 aromatic rings. The molecule has 1 N–H and O–H groups in total. The number of aromatic nitrogens is 1. The van der Waals surface area contributed by atoms with Crippen LogP contribution in [0.3, 0.4) is 0 Å². The molecular weight excluding hydrogens is 581 g/mol. The summed E-state index contributed by atoms with van der Waals surface area (Å²) in [5.41, 5.74) is 5.78. The van der Waals surface area contributed by atoms with Gasteiger partial charge in [0, 0.05) is 89.9 Å². The quantitative estimate of drug-likeness (QED) is 0.205. The molecule has 2 heterocycles. The van der Waals surface area contributed by atoms with Crippen LogP contribution in [0.15, 0.2) is 85.1 Å². The molecule has 1 aliphatic heterocycles. The van der Waals surface area contributed by atoms with Gasteiger partial charge in [0.25, 0.3) is 11.8 Å². The highest BCUT2D eigenvalue weighted by molar-refractivity contribution is 6.07. The van der Waals surface area contributed by atoms with Gasteiger partial charge in [0.1, 0.15) is 11.9 Å². The molecule has 3 aromatic carbocycles. The summed E-state index contributed by atoms with van der Waals surface area (Å²) in [4.78, 5) is 36.8. The standard InChI is InChI=1S/C37H42FN5O3/c1-41(2)30-13-7-26(8-14-30)6-5-21-39-36(44)33-17-12-29(38)24-34(33)37(45)43-22-19-32(20-23-43)46-35-18-11-28(25-40-35)27-9-15-31(16-10-27)42(3)4/h7-18,24-25,32H,5-6,19-23H2,1-4H3,(H,39,44). The molecule has 1 aromatic heterocycles. The van der Waals surface area contributed by atoms with Crippen LogP contribution in [0.1, 0.15) is 45.5 Å². The molecule has 1 aliphatic rings. The lowest BCUT2D eigenvalue weighted by Gasteiger charge is -2.32. The highest BCUT2D eigenvalue weighted by Gasteiger charge is 2.28. The molecule has 5 rings (SSSR count). The highest BCUT2D eigenvalue weighted by atomic mass is 19.1. The number of pyridine rings is 1. The first kappa shape index (κ1) is 32.5. The molecule has 0 radical (unpaired) electrons. The van der Waals surface area contributed by atoms with Crippen molar-refractivity contribution in [3.63, 3.8) is 0 Å². The average molecular weight is 624 g/mol. The molecule has 240 valence electrons. The van der Waals surface area contributed by atoms with Crippen LogP contribution in [0.5, 0.6) is 5.88 Å².